The quantitative estimate of drug-likeness (QED) is 0.942. The average molecular weight is 288 g/mol. The van der Waals surface area contributed by atoms with E-state index in [1.165, 1.54) is 0 Å². The largest absolute Gasteiger partial charge is 0.378 e. The smallest absolute Gasteiger partial charge is 0.103 e. The fraction of sp³-hybridized carbons (Fsp3) is 0.0769. The lowest BCUT2D eigenvalue weighted by Gasteiger charge is -2.08. The molecule has 3 nitrogen and oxygen atoms in total. The van der Waals surface area contributed by atoms with Gasteiger partial charge >= 0.3 is 0 Å². The second-order valence-corrected chi connectivity index (χ2v) is 4.30. The highest BCUT2D eigenvalue weighted by molar-refractivity contribution is 9.10. The van der Waals surface area contributed by atoms with Gasteiger partial charge < -0.3 is 5.32 Å². The summed E-state index contributed by atoms with van der Waals surface area (Å²) >= 11 is 3.36. The average Bonchev–Trinajstić information content (AvgIpc) is 2.37. The molecular weight excluding hydrogens is 278 g/mol. The van der Waals surface area contributed by atoms with Crippen molar-refractivity contribution < 1.29 is 0 Å². The topological polar surface area (TPSA) is 48.7 Å². The number of benzene rings is 1. The van der Waals surface area contributed by atoms with E-state index in [9.17, 15) is 0 Å². The Morgan fingerprint density at radius 3 is 2.82 bits per heavy atom. The normalized spacial score (nSPS) is 9.65. The molecule has 1 heterocycles. The van der Waals surface area contributed by atoms with Gasteiger partial charge in [0.05, 0.1) is 23.5 Å². The number of hydrogen-bond donors (Lipinski definition) is 1. The van der Waals surface area contributed by atoms with Crippen LogP contribution in [0.25, 0.3) is 0 Å². The summed E-state index contributed by atoms with van der Waals surface area (Å²) in [5.74, 6) is 0. The summed E-state index contributed by atoms with van der Waals surface area (Å²) in [7, 11) is 0. The molecule has 0 fully saturated rings. The molecule has 2 aromatic rings. The summed E-state index contributed by atoms with van der Waals surface area (Å²) in [5.41, 5.74) is 2.37. The lowest BCUT2D eigenvalue weighted by atomic mass is 10.2. The summed E-state index contributed by atoms with van der Waals surface area (Å²) in [4.78, 5) is 4.21. The summed E-state index contributed by atoms with van der Waals surface area (Å²) in [6, 6.07) is 13.6. The van der Waals surface area contributed by atoms with Gasteiger partial charge in [-0.05, 0) is 40.2 Å². The predicted molar refractivity (Wildman–Crippen MR) is 70.4 cm³/mol. The van der Waals surface area contributed by atoms with Crippen LogP contribution in [-0.2, 0) is 6.54 Å². The summed E-state index contributed by atoms with van der Waals surface area (Å²) in [6.45, 7) is 0.603. The van der Waals surface area contributed by atoms with Crippen molar-refractivity contribution in [3.8, 4) is 6.07 Å². The van der Waals surface area contributed by atoms with Gasteiger partial charge in [-0.15, -0.1) is 0 Å². The van der Waals surface area contributed by atoms with Gasteiger partial charge in [0, 0.05) is 10.7 Å². The van der Waals surface area contributed by atoms with E-state index in [0.29, 0.717) is 12.1 Å². The van der Waals surface area contributed by atoms with Gasteiger partial charge in [0.1, 0.15) is 6.07 Å². The van der Waals surface area contributed by atoms with Crippen LogP contribution < -0.4 is 5.32 Å². The maximum absolute atomic E-state index is 9.06. The third-order valence-electron chi connectivity index (χ3n) is 2.31. The van der Waals surface area contributed by atoms with Gasteiger partial charge in [0.2, 0.25) is 0 Å². The van der Waals surface area contributed by atoms with Crippen LogP contribution in [0.5, 0.6) is 0 Å². The fourth-order valence-corrected chi connectivity index (χ4v) is 1.93. The van der Waals surface area contributed by atoms with E-state index in [2.05, 4.69) is 32.3 Å². The molecule has 84 valence electrons. The minimum absolute atomic E-state index is 0.603. The minimum Gasteiger partial charge on any atom is -0.378 e. The molecule has 1 aromatic carbocycles. The van der Waals surface area contributed by atoms with Crippen LogP contribution in [0.1, 0.15) is 11.3 Å². The maximum atomic E-state index is 9.06. The molecule has 1 N–H and O–H groups in total. The van der Waals surface area contributed by atoms with Gasteiger partial charge in [0.15, 0.2) is 0 Å². The van der Waals surface area contributed by atoms with Gasteiger partial charge in [-0.1, -0.05) is 12.1 Å². The molecule has 17 heavy (non-hydrogen) atoms. The van der Waals surface area contributed by atoms with Crippen molar-refractivity contribution in [2.24, 2.45) is 0 Å². The third kappa shape index (κ3) is 2.83. The Bertz CT molecular complexity index is 546. The highest BCUT2D eigenvalue weighted by Gasteiger charge is 2.05. The Hall–Kier alpha value is -1.86. The van der Waals surface area contributed by atoms with E-state index in [1.807, 2.05) is 36.4 Å². The molecule has 0 spiro atoms. The zero-order chi connectivity index (χ0) is 12.1. The van der Waals surface area contributed by atoms with Crippen molar-refractivity contribution in [1.29, 1.82) is 5.26 Å². The molecule has 0 aliphatic rings. The summed E-state index contributed by atoms with van der Waals surface area (Å²) in [6.07, 6.45) is 1.75. The van der Waals surface area contributed by atoms with Crippen LogP contribution in [0.2, 0.25) is 0 Å². The molecule has 0 amide bonds. The first-order valence-corrected chi connectivity index (χ1v) is 5.93. The molecule has 0 aliphatic carbocycles. The number of hydrogen-bond acceptors (Lipinski definition) is 3. The zero-order valence-corrected chi connectivity index (χ0v) is 10.6. The van der Waals surface area contributed by atoms with Gasteiger partial charge in [-0.3, -0.25) is 4.98 Å². The molecule has 1 aromatic heterocycles. The van der Waals surface area contributed by atoms with Crippen LogP contribution in [-0.4, -0.2) is 4.98 Å². The highest BCUT2D eigenvalue weighted by atomic mass is 79.9. The SMILES string of the molecule is N#Cc1c(Br)cccc1NCc1ccccn1. The second-order valence-electron chi connectivity index (χ2n) is 3.45. The van der Waals surface area contributed by atoms with Crippen LogP contribution >= 0.6 is 15.9 Å². The first-order valence-electron chi connectivity index (χ1n) is 5.13. The van der Waals surface area contributed by atoms with Crippen molar-refractivity contribution in [3.05, 3.63) is 58.3 Å². The number of aromatic nitrogens is 1. The Labute approximate surface area is 108 Å². The first kappa shape index (κ1) is 11.6. The van der Waals surface area contributed by atoms with Crippen LogP contribution in [0.15, 0.2) is 47.1 Å². The lowest BCUT2D eigenvalue weighted by Crippen LogP contribution is -2.02. The number of rotatable bonds is 3. The number of nitriles is 1. The van der Waals surface area contributed by atoms with E-state index in [1.54, 1.807) is 6.20 Å². The van der Waals surface area contributed by atoms with Crippen molar-refractivity contribution in [1.82, 2.24) is 4.98 Å². The molecule has 0 saturated carbocycles. The Balaban J connectivity index is 2.15. The summed E-state index contributed by atoms with van der Waals surface area (Å²) in [5, 5.41) is 12.3. The Morgan fingerprint density at radius 2 is 2.12 bits per heavy atom. The standard InChI is InChI=1S/C13H10BrN3/c14-12-5-3-6-13(11(12)8-15)17-9-10-4-1-2-7-16-10/h1-7,17H,9H2. The van der Waals surface area contributed by atoms with Crippen molar-refractivity contribution >= 4 is 21.6 Å². The van der Waals surface area contributed by atoms with Gasteiger partial charge in [-0.2, -0.15) is 5.26 Å². The Kier molecular flexibility index (Phi) is 3.73. The molecule has 0 saturated heterocycles. The van der Waals surface area contributed by atoms with Crippen LogP contribution in [0.4, 0.5) is 5.69 Å². The van der Waals surface area contributed by atoms with Crippen molar-refractivity contribution in [3.63, 3.8) is 0 Å². The molecule has 2 rings (SSSR count). The minimum atomic E-state index is 0.603. The van der Waals surface area contributed by atoms with E-state index in [4.69, 9.17) is 5.26 Å². The number of halogens is 1. The van der Waals surface area contributed by atoms with Crippen LogP contribution in [0.3, 0.4) is 0 Å². The van der Waals surface area contributed by atoms with E-state index in [0.717, 1.165) is 15.9 Å². The van der Waals surface area contributed by atoms with E-state index >= 15 is 0 Å². The monoisotopic (exact) mass is 287 g/mol. The Morgan fingerprint density at radius 1 is 1.24 bits per heavy atom. The molecule has 0 atom stereocenters. The third-order valence-corrected chi connectivity index (χ3v) is 2.97. The zero-order valence-electron chi connectivity index (χ0n) is 9.02. The molecule has 0 radical (unpaired) electrons. The van der Waals surface area contributed by atoms with E-state index < -0.39 is 0 Å². The van der Waals surface area contributed by atoms with Gasteiger partial charge in [-0.25, -0.2) is 0 Å². The fourth-order valence-electron chi connectivity index (χ4n) is 1.47. The number of nitrogens with zero attached hydrogens (tertiary/aromatic N) is 2. The first-order chi connectivity index (χ1) is 8.31. The van der Waals surface area contributed by atoms with Crippen molar-refractivity contribution in [2.45, 2.75) is 6.54 Å². The number of pyridine rings is 1. The van der Waals surface area contributed by atoms with Gasteiger partial charge in [0.25, 0.3) is 0 Å². The molecule has 0 unspecified atom stereocenters. The predicted octanol–water partition coefficient (Wildman–Crippen LogP) is 3.33. The summed E-state index contributed by atoms with van der Waals surface area (Å²) < 4.78 is 0.797. The van der Waals surface area contributed by atoms with Crippen LogP contribution in [0, 0.1) is 11.3 Å². The van der Waals surface area contributed by atoms with Crippen molar-refractivity contribution in [2.75, 3.05) is 5.32 Å². The van der Waals surface area contributed by atoms with E-state index in [-0.39, 0.29) is 0 Å². The molecule has 0 bridgehead atoms. The molecular formula is C13H10BrN3. The maximum Gasteiger partial charge on any atom is 0.103 e. The second kappa shape index (κ2) is 5.46. The molecule has 4 heteroatoms. The molecule has 0 aliphatic heterocycles. The number of anilines is 1. The number of nitrogens with one attached hydrogen (secondary N) is 1. The highest BCUT2D eigenvalue weighted by Crippen LogP contribution is 2.23. The lowest BCUT2D eigenvalue weighted by molar-refractivity contribution is 1.04.